The molecule has 2 amide bonds. The molecule has 0 heterocycles. The van der Waals surface area contributed by atoms with Crippen molar-refractivity contribution in [2.75, 3.05) is 11.9 Å². The number of halogens is 4. The summed E-state index contributed by atoms with van der Waals surface area (Å²) in [7, 11) is 0. The maximum atomic E-state index is 13.4. The van der Waals surface area contributed by atoms with Crippen molar-refractivity contribution in [1.29, 1.82) is 0 Å². The Balaban J connectivity index is 2.12. The van der Waals surface area contributed by atoms with Crippen molar-refractivity contribution < 1.29 is 27.5 Å². The number of hydrogen-bond acceptors (Lipinski definition) is 2. The number of carbonyl (C=O) groups excluding carboxylic acids is 1. The average molecular weight is 342 g/mol. The van der Waals surface area contributed by atoms with Crippen LogP contribution in [-0.2, 0) is 5.60 Å². The highest BCUT2D eigenvalue weighted by Gasteiger charge is 2.55. The SMILES string of the molecule is O=C(NC[C@](O)(c1ccccc1)C(F)(F)F)Nc1ccccc1F. The summed E-state index contributed by atoms with van der Waals surface area (Å²) in [6, 6.07) is 10.5. The summed E-state index contributed by atoms with van der Waals surface area (Å²) >= 11 is 0. The van der Waals surface area contributed by atoms with Crippen LogP contribution in [0.4, 0.5) is 28.0 Å². The van der Waals surface area contributed by atoms with Crippen LogP contribution in [0.2, 0.25) is 0 Å². The first kappa shape index (κ1) is 17.7. The molecule has 0 aliphatic rings. The smallest absolute Gasteiger partial charge is 0.375 e. The van der Waals surface area contributed by atoms with Crippen LogP contribution >= 0.6 is 0 Å². The van der Waals surface area contributed by atoms with E-state index in [4.69, 9.17) is 0 Å². The van der Waals surface area contributed by atoms with Crippen LogP contribution in [0.1, 0.15) is 5.56 Å². The number of amides is 2. The van der Waals surface area contributed by atoms with Gasteiger partial charge in [0.2, 0.25) is 5.60 Å². The zero-order valence-corrected chi connectivity index (χ0v) is 12.3. The van der Waals surface area contributed by atoms with E-state index in [0.717, 1.165) is 18.2 Å². The highest BCUT2D eigenvalue weighted by Crippen LogP contribution is 2.38. The molecule has 0 aliphatic heterocycles. The van der Waals surface area contributed by atoms with Crippen molar-refractivity contribution in [1.82, 2.24) is 5.32 Å². The van der Waals surface area contributed by atoms with Gasteiger partial charge in [0.25, 0.3) is 0 Å². The molecule has 0 bridgehead atoms. The maximum Gasteiger partial charge on any atom is 0.423 e. The predicted molar refractivity (Wildman–Crippen MR) is 79.8 cm³/mol. The van der Waals surface area contributed by atoms with Crippen LogP contribution in [0, 0.1) is 5.82 Å². The number of para-hydroxylation sites is 1. The number of nitrogens with one attached hydrogen (secondary N) is 2. The van der Waals surface area contributed by atoms with E-state index < -0.39 is 35.7 Å². The second-order valence-electron chi connectivity index (χ2n) is 5.01. The van der Waals surface area contributed by atoms with Crippen LogP contribution in [0.25, 0.3) is 0 Å². The Hall–Kier alpha value is -2.61. The standard InChI is InChI=1S/C16H14F4N2O2/c17-12-8-4-5-9-13(12)22-14(23)21-10-15(24,16(18,19)20)11-6-2-1-3-7-11/h1-9,24H,10H2,(H2,21,22,23)/t15-/m0/s1. The molecular weight excluding hydrogens is 328 g/mol. The minimum atomic E-state index is -5.01. The third-order valence-electron chi connectivity index (χ3n) is 3.35. The van der Waals surface area contributed by atoms with E-state index in [2.05, 4.69) is 5.32 Å². The van der Waals surface area contributed by atoms with Gasteiger partial charge in [-0.05, 0) is 17.7 Å². The summed E-state index contributed by atoms with van der Waals surface area (Å²) in [6.07, 6.45) is -5.01. The van der Waals surface area contributed by atoms with Gasteiger partial charge in [-0.1, -0.05) is 42.5 Å². The largest absolute Gasteiger partial charge is 0.423 e. The fourth-order valence-corrected chi connectivity index (χ4v) is 2.02. The average Bonchev–Trinajstić information content (AvgIpc) is 2.54. The minimum absolute atomic E-state index is 0.190. The highest BCUT2D eigenvalue weighted by molar-refractivity contribution is 5.89. The second kappa shape index (κ2) is 6.88. The molecule has 2 aromatic rings. The number of urea groups is 1. The van der Waals surface area contributed by atoms with Gasteiger partial charge < -0.3 is 15.7 Å². The van der Waals surface area contributed by atoms with Gasteiger partial charge in [0, 0.05) is 0 Å². The fraction of sp³-hybridized carbons (Fsp3) is 0.188. The second-order valence-corrected chi connectivity index (χ2v) is 5.01. The highest BCUT2D eigenvalue weighted by atomic mass is 19.4. The minimum Gasteiger partial charge on any atom is -0.375 e. The lowest BCUT2D eigenvalue weighted by molar-refractivity contribution is -0.263. The Morgan fingerprint density at radius 3 is 2.17 bits per heavy atom. The van der Waals surface area contributed by atoms with Crippen molar-refractivity contribution >= 4 is 11.7 Å². The first-order valence-corrected chi connectivity index (χ1v) is 6.88. The molecule has 3 N–H and O–H groups in total. The number of aliphatic hydroxyl groups is 1. The van der Waals surface area contributed by atoms with E-state index in [0.29, 0.717) is 0 Å². The first-order valence-electron chi connectivity index (χ1n) is 6.88. The number of benzene rings is 2. The fourth-order valence-electron chi connectivity index (χ4n) is 2.02. The van der Waals surface area contributed by atoms with E-state index in [1.54, 1.807) is 0 Å². The molecular formula is C16H14F4N2O2. The molecule has 0 aliphatic carbocycles. The van der Waals surface area contributed by atoms with Gasteiger partial charge in [-0.25, -0.2) is 9.18 Å². The van der Waals surface area contributed by atoms with Gasteiger partial charge in [0.05, 0.1) is 12.2 Å². The number of hydrogen-bond donors (Lipinski definition) is 3. The van der Waals surface area contributed by atoms with E-state index in [9.17, 15) is 27.5 Å². The molecule has 4 nitrogen and oxygen atoms in total. The van der Waals surface area contributed by atoms with Gasteiger partial charge in [0.15, 0.2) is 0 Å². The van der Waals surface area contributed by atoms with E-state index in [1.165, 1.54) is 36.4 Å². The Bertz CT molecular complexity index is 707. The third kappa shape index (κ3) is 3.83. The zero-order chi connectivity index (χ0) is 17.8. The molecule has 8 heteroatoms. The van der Waals surface area contributed by atoms with E-state index in [-0.39, 0.29) is 5.69 Å². The molecule has 0 fully saturated rings. The Morgan fingerprint density at radius 2 is 1.58 bits per heavy atom. The number of carbonyl (C=O) groups is 1. The van der Waals surface area contributed by atoms with Crippen molar-refractivity contribution in [3.63, 3.8) is 0 Å². The lowest BCUT2D eigenvalue weighted by Crippen LogP contribution is -2.51. The summed E-state index contributed by atoms with van der Waals surface area (Å²) in [5.74, 6) is -0.734. The van der Waals surface area contributed by atoms with Gasteiger partial charge in [-0.3, -0.25) is 0 Å². The molecule has 128 valence electrons. The summed E-state index contributed by atoms with van der Waals surface area (Å²) in [4.78, 5) is 11.7. The summed E-state index contributed by atoms with van der Waals surface area (Å²) < 4.78 is 53.2. The van der Waals surface area contributed by atoms with Crippen LogP contribution < -0.4 is 10.6 Å². The monoisotopic (exact) mass is 342 g/mol. The number of rotatable bonds is 4. The molecule has 2 rings (SSSR count). The Kier molecular flexibility index (Phi) is 5.08. The molecule has 0 radical (unpaired) electrons. The Morgan fingerprint density at radius 1 is 1.00 bits per heavy atom. The maximum absolute atomic E-state index is 13.4. The normalized spacial score (nSPS) is 13.9. The molecule has 2 aromatic carbocycles. The molecule has 0 saturated carbocycles. The van der Waals surface area contributed by atoms with Crippen molar-refractivity contribution in [2.24, 2.45) is 0 Å². The van der Waals surface area contributed by atoms with Gasteiger partial charge in [-0.2, -0.15) is 13.2 Å². The Labute approximate surface area is 135 Å². The quantitative estimate of drug-likeness (QED) is 0.746. The summed E-state index contributed by atoms with van der Waals surface area (Å²) in [5.41, 5.74) is -3.87. The lowest BCUT2D eigenvalue weighted by atomic mass is 9.93. The van der Waals surface area contributed by atoms with Gasteiger partial charge >= 0.3 is 12.2 Å². The number of anilines is 1. The third-order valence-corrected chi connectivity index (χ3v) is 3.35. The molecule has 0 spiro atoms. The van der Waals surface area contributed by atoms with Crippen LogP contribution in [0.15, 0.2) is 54.6 Å². The summed E-state index contributed by atoms with van der Waals surface area (Å²) in [5, 5.41) is 14.0. The topological polar surface area (TPSA) is 61.4 Å². The van der Waals surface area contributed by atoms with Gasteiger partial charge in [0.1, 0.15) is 5.82 Å². The van der Waals surface area contributed by atoms with Crippen molar-refractivity contribution in [3.05, 3.63) is 66.0 Å². The molecule has 24 heavy (non-hydrogen) atoms. The molecule has 0 aromatic heterocycles. The van der Waals surface area contributed by atoms with Crippen LogP contribution in [0.3, 0.4) is 0 Å². The van der Waals surface area contributed by atoms with Crippen LogP contribution in [-0.4, -0.2) is 23.9 Å². The van der Waals surface area contributed by atoms with Gasteiger partial charge in [-0.15, -0.1) is 0 Å². The van der Waals surface area contributed by atoms with Crippen molar-refractivity contribution in [2.45, 2.75) is 11.8 Å². The summed E-state index contributed by atoms with van der Waals surface area (Å²) in [6.45, 7) is -1.12. The molecule has 1 atom stereocenters. The van der Waals surface area contributed by atoms with E-state index in [1.807, 2.05) is 5.32 Å². The van der Waals surface area contributed by atoms with Crippen LogP contribution in [0.5, 0.6) is 0 Å². The first-order chi connectivity index (χ1) is 11.2. The lowest BCUT2D eigenvalue weighted by Gasteiger charge is -2.31. The zero-order valence-electron chi connectivity index (χ0n) is 12.3. The molecule has 0 unspecified atom stereocenters. The van der Waals surface area contributed by atoms with Crippen molar-refractivity contribution in [3.8, 4) is 0 Å². The predicted octanol–water partition coefficient (Wildman–Crippen LogP) is 3.40. The number of alkyl halides is 3. The van der Waals surface area contributed by atoms with E-state index >= 15 is 0 Å². The molecule has 0 saturated heterocycles.